The van der Waals surface area contributed by atoms with E-state index in [1.54, 1.807) is 6.07 Å². The molecule has 0 saturated heterocycles. The molecule has 1 amide bonds. The maximum atomic E-state index is 12.2. The van der Waals surface area contributed by atoms with Crippen LogP contribution in [0.5, 0.6) is 5.75 Å². The Morgan fingerprint density at radius 3 is 2.72 bits per heavy atom. The summed E-state index contributed by atoms with van der Waals surface area (Å²) in [7, 11) is 0. The van der Waals surface area contributed by atoms with Crippen molar-refractivity contribution in [2.75, 3.05) is 5.33 Å². The predicted octanol–water partition coefficient (Wildman–Crippen LogP) is 3.48. The maximum Gasteiger partial charge on any atom is 0.255 e. The van der Waals surface area contributed by atoms with Gasteiger partial charge in [-0.1, -0.05) is 40.4 Å². The lowest BCUT2D eigenvalue weighted by Crippen LogP contribution is -2.47. The van der Waals surface area contributed by atoms with Gasteiger partial charge in [-0.25, -0.2) is 0 Å². The number of amides is 1. The normalized spacial score (nSPS) is 17.7. The molecule has 0 atom stereocenters. The van der Waals surface area contributed by atoms with Crippen LogP contribution in [0.3, 0.4) is 0 Å². The van der Waals surface area contributed by atoms with Gasteiger partial charge < -0.3 is 10.4 Å². The van der Waals surface area contributed by atoms with E-state index in [4.69, 9.17) is 11.6 Å². The number of hydrogen-bond acceptors (Lipinski definition) is 2. The number of halogens is 2. The topological polar surface area (TPSA) is 49.3 Å². The van der Waals surface area contributed by atoms with Crippen LogP contribution in [0, 0.1) is 0 Å². The molecule has 5 heteroatoms. The van der Waals surface area contributed by atoms with Crippen molar-refractivity contribution in [3.8, 4) is 5.75 Å². The molecule has 1 saturated carbocycles. The molecule has 1 aromatic carbocycles. The summed E-state index contributed by atoms with van der Waals surface area (Å²) in [5, 5.41) is 13.9. The first-order valence-corrected chi connectivity index (χ1v) is 7.43. The van der Waals surface area contributed by atoms with E-state index in [0.717, 1.165) is 31.0 Å². The van der Waals surface area contributed by atoms with Crippen molar-refractivity contribution >= 4 is 33.4 Å². The second-order valence-electron chi connectivity index (χ2n) is 4.74. The van der Waals surface area contributed by atoms with Crippen LogP contribution >= 0.6 is 27.5 Å². The van der Waals surface area contributed by atoms with Crippen LogP contribution in [0.25, 0.3) is 0 Å². The van der Waals surface area contributed by atoms with Gasteiger partial charge in [0.05, 0.1) is 11.1 Å². The first-order valence-electron chi connectivity index (χ1n) is 5.93. The Balaban J connectivity index is 2.18. The number of carbonyl (C=O) groups excluding carboxylic acids is 1. The summed E-state index contributed by atoms with van der Waals surface area (Å²) in [5.74, 6) is -0.309. The van der Waals surface area contributed by atoms with Crippen LogP contribution in [0.2, 0.25) is 5.02 Å². The average molecular weight is 333 g/mol. The first kappa shape index (κ1) is 13.7. The van der Waals surface area contributed by atoms with Gasteiger partial charge in [0.1, 0.15) is 5.75 Å². The molecular formula is C13H15BrClNO2. The van der Waals surface area contributed by atoms with Crippen LogP contribution in [0.1, 0.15) is 36.0 Å². The van der Waals surface area contributed by atoms with E-state index in [2.05, 4.69) is 21.2 Å². The highest BCUT2D eigenvalue weighted by molar-refractivity contribution is 9.09. The average Bonchev–Trinajstić information content (AvgIpc) is 2.81. The fourth-order valence-electron chi connectivity index (χ4n) is 2.34. The Bertz CT molecular complexity index is 458. The summed E-state index contributed by atoms with van der Waals surface area (Å²) < 4.78 is 0. The molecule has 2 rings (SSSR count). The van der Waals surface area contributed by atoms with Crippen molar-refractivity contribution in [1.29, 1.82) is 0 Å². The van der Waals surface area contributed by atoms with Crippen molar-refractivity contribution in [2.24, 2.45) is 0 Å². The molecule has 0 heterocycles. The molecule has 1 fully saturated rings. The number of rotatable bonds is 3. The zero-order chi connectivity index (χ0) is 13.2. The fraction of sp³-hybridized carbons (Fsp3) is 0.462. The van der Waals surface area contributed by atoms with E-state index in [1.165, 1.54) is 12.1 Å². The minimum atomic E-state index is -0.267. The first-order chi connectivity index (χ1) is 8.56. The minimum absolute atomic E-state index is 0.0420. The van der Waals surface area contributed by atoms with Crippen LogP contribution < -0.4 is 5.32 Å². The Morgan fingerprint density at radius 2 is 2.11 bits per heavy atom. The zero-order valence-electron chi connectivity index (χ0n) is 9.88. The monoisotopic (exact) mass is 331 g/mol. The fourth-order valence-corrected chi connectivity index (χ4v) is 3.22. The number of hydrogen-bond donors (Lipinski definition) is 2. The number of aromatic hydroxyl groups is 1. The quantitative estimate of drug-likeness (QED) is 0.833. The number of benzene rings is 1. The lowest BCUT2D eigenvalue weighted by molar-refractivity contribution is 0.0907. The van der Waals surface area contributed by atoms with Crippen molar-refractivity contribution in [1.82, 2.24) is 5.32 Å². The van der Waals surface area contributed by atoms with Gasteiger partial charge in [-0.3, -0.25) is 4.79 Å². The van der Waals surface area contributed by atoms with Gasteiger partial charge in [0.15, 0.2) is 0 Å². The zero-order valence-corrected chi connectivity index (χ0v) is 12.2. The predicted molar refractivity (Wildman–Crippen MR) is 75.6 cm³/mol. The van der Waals surface area contributed by atoms with Crippen molar-refractivity contribution in [3.63, 3.8) is 0 Å². The minimum Gasteiger partial charge on any atom is -0.507 e. The highest BCUT2D eigenvalue weighted by atomic mass is 79.9. The Kier molecular flexibility index (Phi) is 4.17. The van der Waals surface area contributed by atoms with Gasteiger partial charge in [-0.05, 0) is 31.0 Å². The lowest BCUT2D eigenvalue weighted by atomic mass is 10.00. The highest BCUT2D eigenvalue weighted by Crippen LogP contribution is 2.32. The summed E-state index contributed by atoms with van der Waals surface area (Å²) in [4.78, 5) is 12.2. The smallest absolute Gasteiger partial charge is 0.255 e. The molecule has 1 aliphatic rings. The van der Waals surface area contributed by atoms with E-state index in [0.29, 0.717) is 5.02 Å². The summed E-state index contributed by atoms with van der Waals surface area (Å²) in [6, 6.07) is 4.49. The summed E-state index contributed by atoms with van der Waals surface area (Å²) >= 11 is 9.31. The Hall–Kier alpha value is -0.740. The van der Waals surface area contributed by atoms with Crippen LogP contribution in [0.15, 0.2) is 18.2 Å². The number of phenolic OH excluding ortho intramolecular Hbond substituents is 1. The van der Waals surface area contributed by atoms with E-state index in [9.17, 15) is 9.90 Å². The van der Waals surface area contributed by atoms with E-state index < -0.39 is 0 Å². The second kappa shape index (κ2) is 5.49. The molecule has 0 bridgehead atoms. The number of nitrogens with one attached hydrogen (secondary N) is 1. The molecule has 1 aliphatic carbocycles. The van der Waals surface area contributed by atoms with Crippen molar-refractivity contribution in [3.05, 3.63) is 28.8 Å². The van der Waals surface area contributed by atoms with Gasteiger partial charge in [-0.2, -0.15) is 0 Å². The molecule has 0 radical (unpaired) electrons. The van der Waals surface area contributed by atoms with E-state index in [1.807, 2.05) is 0 Å². The lowest BCUT2D eigenvalue weighted by Gasteiger charge is -2.28. The third kappa shape index (κ3) is 2.81. The third-order valence-electron chi connectivity index (χ3n) is 3.40. The number of alkyl halides is 1. The van der Waals surface area contributed by atoms with Crippen molar-refractivity contribution < 1.29 is 9.90 Å². The van der Waals surface area contributed by atoms with Gasteiger partial charge in [0.25, 0.3) is 5.91 Å². The van der Waals surface area contributed by atoms with Crippen LogP contribution in [-0.4, -0.2) is 21.9 Å². The molecule has 3 nitrogen and oxygen atoms in total. The largest absolute Gasteiger partial charge is 0.507 e. The van der Waals surface area contributed by atoms with Gasteiger partial charge >= 0.3 is 0 Å². The molecule has 0 spiro atoms. The van der Waals surface area contributed by atoms with Crippen molar-refractivity contribution in [2.45, 2.75) is 31.2 Å². The summed E-state index contributed by atoms with van der Waals surface area (Å²) in [6.45, 7) is 0. The molecule has 0 unspecified atom stereocenters. The van der Waals surface area contributed by atoms with Crippen LogP contribution in [-0.2, 0) is 0 Å². The summed E-state index contributed by atoms with van der Waals surface area (Å²) in [6.07, 6.45) is 4.16. The molecule has 2 N–H and O–H groups in total. The third-order valence-corrected chi connectivity index (χ3v) is 4.71. The molecule has 98 valence electrons. The molecule has 0 aromatic heterocycles. The van der Waals surface area contributed by atoms with Gasteiger partial charge in [0.2, 0.25) is 0 Å². The standard InChI is InChI=1S/C13H15BrClNO2/c14-8-13(5-1-2-6-13)16-12(18)10-7-9(15)3-4-11(10)17/h3-4,7,17H,1-2,5-6,8H2,(H,16,18). The van der Waals surface area contributed by atoms with E-state index in [-0.39, 0.29) is 22.8 Å². The van der Waals surface area contributed by atoms with Gasteiger partial charge in [-0.15, -0.1) is 0 Å². The second-order valence-corrected chi connectivity index (χ2v) is 5.73. The molecule has 18 heavy (non-hydrogen) atoms. The van der Waals surface area contributed by atoms with Gasteiger partial charge in [0, 0.05) is 10.4 Å². The molecular weight excluding hydrogens is 318 g/mol. The SMILES string of the molecule is O=C(NC1(CBr)CCCC1)c1cc(Cl)ccc1O. The van der Waals surface area contributed by atoms with E-state index >= 15 is 0 Å². The van der Waals surface area contributed by atoms with Crippen LogP contribution in [0.4, 0.5) is 0 Å². The molecule has 1 aromatic rings. The number of carbonyl (C=O) groups is 1. The Labute approximate surface area is 120 Å². The number of phenols is 1. The summed E-state index contributed by atoms with van der Waals surface area (Å²) in [5.41, 5.74) is 0.0426. The Morgan fingerprint density at radius 1 is 1.44 bits per heavy atom. The maximum absolute atomic E-state index is 12.2. The molecule has 0 aliphatic heterocycles. The highest BCUT2D eigenvalue weighted by Gasteiger charge is 2.34.